The van der Waals surface area contributed by atoms with E-state index in [1.54, 1.807) is 25.3 Å². The molecule has 8 heteroatoms. The number of hydrogen-bond donors (Lipinski definition) is 2. The number of nitrogens with one attached hydrogen (secondary N) is 1. The average Bonchev–Trinajstić information content (AvgIpc) is 3.12. The van der Waals surface area contributed by atoms with Crippen molar-refractivity contribution in [2.75, 3.05) is 0 Å². The molecule has 1 unspecified atom stereocenters. The smallest absolute Gasteiger partial charge is 0.303 e. The van der Waals surface area contributed by atoms with Crippen LogP contribution in [-0.2, 0) is 22.6 Å². The van der Waals surface area contributed by atoms with Crippen molar-refractivity contribution in [3.05, 3.63) is 36.0 Å². The summed E-state index contributed by atoms with van der Waals surface area (Å²) in [5, 5.41) is 19.0. The van der Waals surface area contributed by atoms with Crippen LogP contribution in [0, 0.1) is 0 Å². The van der Waals surface area contributed by atoms with Crippen LogP contribution in [0.2, 0.25) is 0 Å². The number of carboxylic acid groups (broad SMARTS) is 1. The second-order valence-corrected chi connectivity index (χ2v) is 4.56. The third kappa shape index (κ3) is 4.16. The lowest BCUT2D eigenvalue weighted by atomic mass is 10.2. The van der Waals surface area contributed by atoms with E-state index in [4.69, 9.17) is 9.52 Å². The van der Waals surface area contributed by atoms with Gasteiger partial charge in [0.15, 0.2) is 0 Å². The molecule has 2 aromatic heterocycles. The molecule has 0 radical (unpaired) electrons. The molecule has 1 atom stereocenters. The van der Waals surface area contributed by atoms with Crippen molar-refractivity contribution in [3.8, 4) is 0 Å². The number of nitrogens with zero attached hydrogens (tertiary/aromatic N) is 3. The minimum absolute atomic E-state index is 0.0161. The fourth-order valence-electron chi connectivity index (χ4n) is 1.71. The van der Waals surface area contributed by atoms with Gasteiger partial charge < -0.3 is 14.8 Å². The number of amides is 1. The number of aryl methyl sites for hydroxylation is 1. The van der Waals surface area contributed by atoms with Gasteiger partial charge in [0.25, 0.3) is 0 Å². The first-order chi connectivity index (χ1) is 10.1. The van der Waals surface area contributed by atoms with Crippen LogP contribution >= 0.6 is 0 Å². The molecule has 0 saturated heterocycles. The highest BCUT2D eigenvalue weighted by Crippen LogP contribution is 2.07. The molecule has 112 valence electrons. The number of carbonyl (C=O) groups excluding carboxylic acids is 1. The van der Waals surface area contributed by atoms with Gasteiger partial charge in [0.2, 0.25) is 5.91 Å². The topological polar surface area (TPSA) is 110 Å². The molecule has 0 aliphatic carbocycles. The maximum Gasteiger partial charge on any atom is 0.303 e. The number of furan rings is 1. The van der Waals surface area contributed by atoms with Gasteiger partial charge in [-0.3, -0.25) is 9.59 Å². The Morgan fingerprint density at radius 3 is 3.00 bits per heavy atom. The van der Waals surface area contributed by atoms with Crippen LogP contribution in [0.3, 0.4) is 0 Å². The van der Waals surface area contributed by atoms with Gasteiger partial charge in [-0.1, -0.05) is 5.21 Å². The van der Waals surface area contributed by atoms with Crippen LogP contribution in [0.25, 0.3) is 0 Å². The van der Waals surface area contributed by atoms with E-state index in [1.807, 2.05) is 0 Å². The van der Waals surface area contributed by atoms with Crippen LogP contribution in [0.1, 0.15) is 30.8 Å². The van der Waals surface area contributed by atoms with Gasteiger partial charge in [-0.25, -0.2) is 4.68 Å². The number of rotatable bonds is 7. The molecule has 2 rings (SSSR count). The quantitative estimate of drug-likeness (QED) is 0.779. The van der Waals surface area contributed by atoms with Crippen LogP contribution in [0.4, 0.5) is 0 Å². The molecule has 0 aliphatic rings. The Bertz CT molecular complexity index is 605. The lowest BCUT2D eigenvalue weighted by molar-refractivity contribution is -0.137. The highest BCUT2D eigenvalue weighted by molar-refractivity contribution is 5.79. The first-order valence-electron chi connectivity index (χ1n) is 6.49. The van der Waals surface area contributed by atoms with Crippen molar-refractivity contribution in [2.24, 2.45) is 0 Å². The lowest BCUT2D eigenvalue weighted by Crippen LogP contribution is -2.30. The second-order valence-electron chi connectivity index (χ2n) is 4.56. The molecule has 0 aliphatic heterocycles. The van der Waals surface area contributed by atoms with Gasteiger partial charge in [-0.05, 0) is 19.1 Å². The molecule has 8 nitrogen and oxygen atoms in total. The monoisotopic (exact) mass is 292 g/mol. The Balaban J connectivity index is 1.88. The largest absolute Gasteiger partial charge is 0.481 e. The molecule has 0 spiro atoms. The van der Waals surface area contributed by atoms with Crippen molar-refractivity contribution >= 4 is 11.9 Å². The summed E-state index contributed by atoms with van der Waals surface area (Å²) in [6.45, 7) is 1.99. The van der Waals surface area contributed by atoms with Crippen molar-refractivity contribution in [2.45, 2.75) is 32.4 Å². The normalized spacial score (nSPS) is 12.0. The van der Waals surface area contributed by atoms with Crippen LogP contribution in [0.15, 0.2) is 29.0 Å². The highest BCUT2D eigenvalue weighted by atomic mass is 16.4. The summed E-state index contributed by atoms with van der Waals surface area (Å²) in [6, 6.07) is 2.98. The standard InChI is InChI=1S/C13H16N4O4/c1-9(13(20)14-7-11-3-2-6-21-11)17-8-10(15-16-17)4-5-12(18)19/h2-3,6,8-9H,4-5,7H2,1H3,(H,14,20)(H,18,19). The summed E-state index contributed by atoms with van der Waals surface area (Å²) in [4.78, 5) is 22.5. The summed E-state index contributed by atoms with van der Waals surface area (Å²) in [6.07, 6.45) is 3.39. The highest BCUT2D eigenvalue weighted by Gasteiger charge is 2.17. The van der Waals surface area contributed by atoms with E-state index in [-0.39, 0.29) is 18.7 Å². The average molecular weight is 292 g/mol. The van der Waals surface area contributed by atoms with Gasteiger partial charge in [0.1, 0.15) is 11.8 Å². The molecule has 1 amide bonds. The SMILES string of the molecule is CC(C(=O)NCc1ccco1)n1cc(CCC(=O)O)nn1. The lowest BCUT2D eigenvalue weighted by Gasteiger charge is -2.10. The number of aliphatic carboxylic acids is 1. The van der Waals surface area contributed by atoms with Crippen LogP contribution in [-0.4, -0.2) is 32.0 Å². The van der Waals surface area contributed by atoms with Gasteiger partial charge >= 0.3 is 5.97 Å². The summed E-state index contributed by atoms with van der Waals surface area (Å²) in [5.41, 5.74) is 0.545. The fraction of sp³-hybridized carbons (Fsp3) is 0.385. The third-order valence-electron chi connectivity index (χ3n) is 2.95. The number of aromatic nitrogens is 3. The minimum atomic E-state index is -0.895. The second kappa shape index (κ2) is 6.69. The summed E-state index contributed by atoms with van der Waals surface area (Å²) in [7, 11) is 0. The van der Waals surface area contributed by atoms with E-state index < -0.39 is 12.0 Å². The zero-order valence-corrected chi connectivity index (χ0v) is 11.5. The Labute approximate surface area is 120 Å². The Kier molecular flexibility index (Phi) is 4.70. The number of hydrogen-bond acceptors (Lipinski definition) is 5. The van der Waals surface area contributed by atoms with Crippen molar-refractivity contribution in [1.29, 1.82) is 0 Å². The molecule has 2 N–H and O–H groups in total. The molecular formula is C13H16N4O4. The molecule has 2 heterocycles. The first kappa shape index (κ1) is 14.8. The minimum Gasteiger partial charge on any atom is -0.481 e. The molecule has 0 fully saturated rings. The Hall–Kier alpha value is -2.64. The summed E-state index contributed by atoms with van der Waals surface area (Å²) >= 11 is 0. The summed E-state index contributed by atoms with van der Waals surface area (Å²) in [5.74, 6) is -0.453. The van der Waals surface area contributed by atoms with Crippen LogP contribution < -0.4 is 5.32 Å². The maximum absolute atomic E-state index is 12.0. The molecule has 2 aromatic rings. The van der Waals surface area contributed by atoms with Crippen molar-refractivity contribution < 1.29 is 19.1 Å². The first-order valence-corrected chi connectivity index (χ1v) is 6.49. The number of carboxylic acids is 1. The van der Waals surface area contributed by atoms with E-state index in [1.165, 1.54) is 10.9 Å². The Morgan fingerprint density at radius 2 is 2.33 bits per heavy atom. The van der Waals surface area contributed by atoms with Gasteiger partial charge in [-0.15, -0.1) is 5.10 Å². The van der Waals surface area contributed by atoms with Gasteiger partial charge in [-0.2, -0.15) is 0 Å². The van der Waals surface area contributed by atoms with Gasteiger partial charge in [0.05, 0.1) is 24.9 Å². The zero-order chi connectivity index (χ0) is 15.2. The maximum atomic E-state index is 12.0. The van der Waals surface area contributed by atoms with Crippen molar-refractivity contribution in [1.82, 2.24) is 20.3 Å². The van der Waals surface area contributed by atoms with E-state index >= 15 is 0 Å². The zero-order valence-electron chi connectivity index (χ0n) is 11.5. The van der Waals surface area contributed by atoms with Crippen molar-refractivity contribution in [3.63, 3.8) is 0 Å². The predicted molar refractivity (Wildman–Crippen MR) is 71.2 cm³/mol. The van der Waals surface area contributed by atoms with E-state index in [0.717, 1.165) is 0 Å². The molecule has 21 heavy (non-hydrogen) atoms. The van der Waals surface area contributed by atoms with E-state index in [0.29, 0.717) is 18.0 Å². The third-order valence-corrected chi connectivity index (χ3v) is 2.95. The predicted octanol–water partition coefficient (Wildman–Crippen LogP) is 0.766. The molecule has 0 bridgehead atoms. The molecular weight excluding hydrogens is 276 g/mol. The number of carbonyl (C=O) groups is 2. The Morgan fingerprint density at radius 1 is 1.52 bits per heavy atom. The van der Waals surface area contributed by atoms with Crippen LogP contribution in [0.5, 0.6) is 0 Å². The van der Waals surface area contributed by atoms with E-state index in [9.17, 15) is 9.59 Å². The van der Waals surface area contributed by atoms with Gasteiger partial charge in [0, 0.05) is 12.6 Å². The fourth-order valence-corrected chi connectivity index (χ4v) is 1.71. The van der Waals surface area contributed by atoms with E-state index in [2.05, 4.69) is 15.6 Å². The molecule has 0 saturated carbocycles. The molecule has 0 aromatic carbocycles. The summed E-state index contributed by atoms with van der Waals surface area (Å²) < 4.78 is 6.53.